The van der Waals surface area contributed by atoms with E-state index in [4.69, 9.17) is 9.47 Å². The van der Waals surface area contributed by atoms with E-state index in [2.05, 4.69) is 5.32 Å². The van der Waals surface area contributed by atoms with Crippen LogP contribution in [0.25, 0.3) is 0 Å². The monoisotopic (exact) mass is 241 g/mol. The molecule has 96 valence electrons. The Morgan fingerprint density at radius 3 is 2.71 bits per heavy atom. The lowest BCUT2D eigenvalue weighted by Crippen LogP contribution is -2.14. The normalized spacial score (nSPS) is 10.9. The summed E-state index contributed by atoms with van der Waals surface area (Å²) in [5.41, 5.74) is 0.817. The minimum absolute atomic E-state index is 0.163. The van der Waals surface area contributed by atoms with Crippen LogP contribution in [0.4, 0.5) is 4.39 Å². The van der Waals surface area contributed by atoms with E-state index in [1.165, 1.54) is 6.07 Å². The average Bonchev–Trinajstić information content (AvgIpc) is 2.27. The van der Waals surface area contributed by atoms with Crippen LogP contribution in [0.3, 0.4) is 0 Å². The standard InChI is InChI=1S/C13H20FNO2/c1-10(2)16-7-8-17-13-11(9-15-3)5-4-6-12(13)14/h4-6,10,15H,7-9H2,1-3H3. The van der Waals surface area contributed by atoms with E-state index in [9.17, 15) is 4.39 Å². The lowest BCUT2D eigenvalue weighted by molar-refractivity contribution is 0.0542. The first-order valence-corrected chi connectivity index (χ1v) is 5.81. The van der Waals surface area contributed by atoms with Gasteiger partial charge in [-0.05, 0) is 27.0 Å². The zero-order valence-corrected chi connectivity index (χ0v) is 10.6. The molecule has 0 atom stereocenters. The van der Waals surface area contributed by atoms with Crippen molar-refractivity contribution in [2.24, 2.45) is 0 Å². The molecular formula is C13H20FNO2. The molecule has 1 N–H and O–H groups in total. The summed E-state index contributed by atoms with van der Waals surface area (Å²) in [6.45, 7) is 5.31. The fraction of sp³-hybridized carbons (Fsp3) is 0.538. The zero-order valence-electron chi connectivity index (χ0n) is 10.6. The summed E-state index contributed by atoms with van der Waals surface area (Å²) >= 11 is 0. The second-order valence-electron chi connectivity index (χ2n) is 4.03. The maximum Gasteiger partial charge on any atom is 0.165 e. The van der Waals surface area contributed by atoms with E-state index in [1.54, 1.807) is 6.07 Å². The van der Waals surface area contributed by atoms with Gasteiger partial charge in [-0.3, -0.25) is 0 Å². The van der Waals surface area contributed by atoms with Crippen LogP contribution in [0.5, 0.6) is 5.75 Å². The molecular weight excluding hydrogens is 221 g/mol. The highest BCUT2D eigenvalue weighted by Crippen LogP contribution is 2.22. The van der Waals surface area contributed by atoms with Crippen molar-refractivity contribution >= 4 is 0 Å². The Morgan fingerprint density at radius 2 is 2.06 bits per heavy atom. The summed E-state index contributed by atoms with van der Waals surface area (Å²) in [6.07, 6.45) is 0.163. The van der Waals surface area contributed by atoms with Crippen LogP contribution in [-0.2, 0) is 11.3 Å². The molecule has 0 amide bonds. The van der Waals surface area contributed by atoms with E-state index >= 15 is 0 Å². The first-order chi connectivity index (χ1) is 8.15. The topological polar surface area (TPSA) is 30.5 Å². The van der Waals surface area contributed by atoms with Gasteiger partial charge >= 0.3 is 0 Å². The summed E-state index contributed by atoms with van der Waals surface area (Å²) in [5, 5.41) is 2.98. The second-order valence-corrected chi connectivity index (χ2v) is 4.03. The third-order valence-electron chi connectivity index (χ3n) is 2.20. The molecule has 0 spiro atoms. The molecule has 0 aliphatic rings. The molecule has 0 radical (unpaired) electrons. The van der Waals surface area contributed by atoms with Crippen LogP contribution in [0.2, 0.25) is 0 Å². The quantitative estimate of drug-likeness (QED) is 0.743. The van der Waals surface area contributed by atoms with Crippen molar-refractivity contribution in [2.75, 3.05) is 20.3 Å². The van der Waals surface area contributed by atoms with Crippen molar-refractivity contribution in [3.05, 3.63) is 29.6 Å². The Hall–Kier alpha value is -1.13. The predicted molar refractivity (Wildman–Crippen MR) is 65.7 cm³/mol. The first kappa shape index (κ1) is 13.9. The van der Waals surface area contributed by atoms with Crippen LogP contribution in [0.15, 0.2) is 18.2 Å². The van der Waals surface area contributed by atoms with Gasteiger partial charge in [-0.25, -0.2) is 4.39 Å². The highest BCUT2D eigenvalue weighted by atomic mass is 19.1. The van der Waals surface area contributed by atoms with Gasteiger partial charge in [0.25, 0.3) is 0 Å². The SMILES string of the molecule is CNCc1cccc(F)c1OCCOC(C)C. The number of hydrogen-bond donors (Lipinski definition) is 1. The third-order valence-corrected chi connectivity index (χ3v) is 2.20. The molecule has 1 rings (SSSR count). The Morgan fingerprint density at radius 1 is 1.29 bits per heavy atom. The highest BCUT2D eigenvalue weighted by Gasteiger charge is 2.09. The van der Waals surface area contributed by atoms with Crippen LogP contribution in [0, 0.1) is 5.82 Å². The molecule has 1 aromatic rings. The highest BCUT2D eigenvalue weighted by molar-refractivity contribution is 5.34. The summed E-state index contributed by atoms with van der Waals surface area (Å²) < 4.78 is 24.3. The molecule has 0 aliphatic heterocycles. The van der Waals surface area contributed by atoms with Gasteiger partial charge in [-0.15, -0.1) is 0 Å². The van der Waals surface area contributed by atoms with Crippen LogP contribution < -0.4 is 10.1 Å². The Bertz CT molecular complexity index is 342. The van der Waals surface area contributed by atoms with Crippen LogP contribution >= 0.6 is 0 Å². The minimum Gasteiger partial charge on any atom is -0.488 e. The van der Waals surface area contributed by atoms with Crippen molar-refractivity contribution in [1.29, 1.82) is 0 Å². The van der Waals surface area contributed by atoms with E-state index in [0.29, 0.717) is 25.5 Å². The minimum atomic E-state index is -0.331. The fourth-order valence-electron chi connectivity index (χ4n) is 1.47. The molecule has 0 bridgehead atoms. The molecule has 3 nitrogen and oxygen atoms in total. The maximum absolute atomic E-state index is 13.6. The molecule has 1 aromatic carbocycles. The zero-order chi connectivity index (χ0) is 12.7. The molecule has 0 saturated carbocycles. The van der Waals surface area contributed by atoms with Crippen molar-refractivity contribution in [3.63, 3.8) is 0 Å². The van der Waals surface area contributed by atoms with Gasteiger partial charge in [-0.1, -0.05) is 12.1 Å². The Balaban J connectivity index is 2.56. The van der Waals surface area contributed by atoms with E-state index in [-0.39, 0.29) is 11.9 Å². The first-order valence-electron chi connectivity index (χ1n) is 5.81. The maximum atomic E-state index is 13.6. The van der Waals surface area contributed by atoms with Gasteiger partial charge in [0, 0.05) is 12.1 Å². The van der Waals surface area contributed by atoms with Crippen LogP contribution in [-0.4, -0.2) is 26.4 Å². The van der Waals surface area contributed by atoms with Gasteiger partial charge in [-0.2, -0.15) is 0 Å². The van der Waals surface area contributed by atoms with Gasteiger partial charge in [0.15, 0.2) is 11.6 Å². The Labute approximate surface area is 102 Å². The second kappa shape index (κ2) is 7.25. The number of rotatable bonds is 7. The molecule has 4 heteroatoms. The fourth-order valence-corrected chi connectivity index (χ4v) is 1.47. The smallest absolute Gasteiger partial charge is 0.165 e. The van der Waals surface area contributed by atoms with Crippen molar-refractivity contribution in [3.8, 4) is 5.75 Å². The molecule has 17 heavy (non-hydrogen) atoms. The number of ether oxygens (including phenoxy) is 2. The number of benzene rings is 1. The lowest BCUT2D eigenvalue weighted by Gasteiger charge is -2.13. The summed E-state index contributed by atoms with van der Waals surface area (Å²) in [6, 6.07) is 4.93. The molecule has 0 heterocycles. The number of halogens is 1. The lowest BCUT2D eigenvalue weighted by atomic mass is 10.2. The van der Waals surface area contributed by atoms with E-state index in [0.717, 1.165) is 5.56 Å². The summed E-state index contributed by atoms with van der Waals surface area (Å²) in [4.78, 5) is 0. The van der Waals surface area contributed by atoms with Gasteiger partial charge in [0.2, 0.25) is 0 Å². The number of nitrogens with one attached hydrogen (secondary N) is 1. The summed E-state index contributed by atoms with van der Waals surface area (Å²) in [5.74, 6) is -0.0171. The summed E-state index contributed by atoms with van der Waals surface area (Å²) in [7, 11) is 1.82. The third kappa shape index (κ3) is 4.71. The van der Waals surface area contributed by atoms with Crippen LogP contribution in [0.1, 0.15) is 19.4 Å². The van der Waals surface area contributed by atoms with E-state index in [1.807, 2.05) is 27.0 Å². The van der Waals surface area contributed by atoms with Crippen molar-refractivity contribution in [1.82, 2.24) is 5.32 Å². The van der Waals surface area contributed by atoms with Gasteiger partial charge in [0.05, 0.1) is 12.7 Å². The van der Waals surface area contributed by atoms with E-state index < -0.39 is 0 Å². The molecule has 0 aliphatic carbocycles. The molecule has 0 aromatic heterocycles. The molecule has 0 unspecified atom stereocenters. The average molecular weight is 241 g/mol. The molecule has 0 fully saturated rings. The van der Waals surface area contributed by atoms with Gasteiger partial charge < -0.3 is 14.8 Å². The van der Waals surface area contributed by atoms with Crippen molar-refractivity contribution in [2.45, 2.75) is 26.5 Å². The predicted octanol–water partition coefficient (Wildman–Crippen LogP) is 2.35. The largest absolute Gasteiger partial charge is 0.488 e. The molecule has 0 saturated heterocycles. The van der Waals surface area contributed by atoms with Crippen molar-refractivity contribution < 1.29 is 13.9 Å². The number of para-hydroxylation sites is 1. The number of hydrogen-bond acceptors (Lipinski definition) is 3. The Kier molecular flexibility index (Phi) is 5.94. The van der Waals surface area contributed by atoms with Gasteiger partial charge in [0.1, 0.15) is 6.61 Å².